The van der Waals surface area contributed by atoms with E-state index in [-0.39, 0.29) is 5.41 Å². The van der Waals surface area contributed by atoms with Crippen LogP contribution < -0.4 is 10.5 Å². The summed E-state index contributed by atoms with van der Waals surface area (Å²) in [4.78, 5) is 0. The van der Waals surface area contributed by atoms with Gasteiger partial charge in [-0.3, -0.25) is 0 Å². The number of rotatable bonds is 5. The molecule has 0 bridgehead atoms. The molecule has 2 N–H and O–H groups in total. The summed E-state index contributed by atoms with van der Waals surface area (Å²) in [5.74, 6) is 2.24. The summed E-state index contributed by atoms with van der Waals surface area (Å²) in [7, 11) is 0. The van der Waals surface area contributed by atoms with Gasteiger partial charge in [0.05, 0.1) is 6.61 Å². The molecular weight excluding hydrogens is 210 g/mol. The van der Waals surface area contributed by atoms with Crippen LogP contribution in [0.3, 0.4) is 0 Å². The van der Waals surface area contributed by atoms with Gasteiger partial charge in [0.15, 0.2) is 0 Å². The van der Waals surface area contributed by atoms with Gasteiger partial charge in [0.25, 0.3) is 0 Å². The first-order chi connectivity index (χ1) is 8.08. The average molecular weight is 233 g/mol. The minimum Gasteiger partial charge on any atom is -0.493 e. The Kier molecular flexibility index (Phi) is 3.43. The molecule has 0 aliphatic heterocycles. The molecule has 0 saturated heterocycles. The van der Waals surface area contributed by atoms with Gasteiger partial charge in [0, 0.05) is 12.0 Å². The van der Waals surface area contributed by atoms with E-state index in [2.05, 4.69) is 45.0 Å². The van der Waals surface area contributed by atoms with Gasteiger partial charge in [-0.15, -0.1) is 0 Å². The van der Waals surface area contributed by atoms with E-state index in [4.69, 9.17) is 10.5 Å². The summed E-state index contributed by atoms with van der Waals surface area (Å²) in [6.45, 7) is 8.11. The summed E-state index contributed by atoms with van der Waals surface area (Å²) in [6.07, 6.45) is 1.22. The van der Waals surface area contributed by atoms with Crippen molar-refractivity contribution in [3.05, 3.63) is 29.8 Å². The van der Waals surface area contributed by atoms with Crippen LogP contribution in [0.2, 0.25) is 0 Å². The van der Waals surface area contributed by atoms with E-state index >= 15 is 0 Å². The summed E-state index contributed by atoms with van der Waals surface area (Å²) in [5.41, 5.74) is 7.51. The Morgan fingerprint density at radius 1 is 1.35 bits per heavy atom. The highest BCUT2D eigenvalue weighted by molar-refractivity contribution is 5.37. The molecule has 1 aromatic rings. The molecule has 0 spiro atoms. The average Bonchev–Trinajstić information content (AvgIpc) is 2.99. The number of benzene rings is 1. The minimum atomic E-state index is 0.247. The van der Waals surface area contributed by atoms with Gasteiger partial charge in [-0.05, 0) is 36.0 Å². The second-order valence-electron chi connectivity index (χ2n) is 5.69. The van der Waals surface area contributed by atoms with Crippen LogP contribution in [0.5, 0.6) is 5.75 Å². The molecule has 1 aromatic carbocycles. The maximum atomic E-state index is 5.90. The lowest BCUT2D eigenvalue weighted by Crippen LogP contribution is -2.21. The number of nitrogens with two attached hydrogens (primary N) is 1. The second-order valence-corrected chi connectivity index (χ2v) is 5.69. The molecule has 1 saturated carbocycles. The van der Waals surface area contributed by atoms with Crippen molar-refractivity contribution in [2.75, 3.05) is 13.2 Å². The molecule has 2 unspecified atom stereocenters. The maximum absolute atomic E-state index is 5.90. The molecule has 2 atom stereocenters. The highest BCUT2D eigenvalue weighted by Crippen LogP contribution is 2.53. The van der Waals surface area contributed by atoms with Crippen molar-refractivity contribution >= 4 is 0 Å². The van der Waals surface area contributed by atoms with Crippen LogP contribution in [0.4, 0.5) is 0 Å². The lowest BCUT2D eigenvalue weighted by atomic mass is 9.94. The van der Waals surface area contributed by atoms with Crippen LogP contribution >= 0.6 is 0 Å². The first-order valence-electron chi connectivity index (χ1n) is 6.52. The zero-order valence-electron chi connectivity index (χ0n) is 11.1. The first kappa shape index (κ1) is 12.4. The second kappa shape index (κ2) is 4.69. The Hall–Kier alpha value is -1.02. The summed E-state index contributed by atoms with van der Waals surface area (Å²) < 4.78 is 5.68. The van der Waals surface area contributed by atoms with Gasteiger partial charge in [-0.2, -0.15) is 0 Å². The normalized spacial score (nSPS) is 27.2. The lowest BCUT2D eigenvalue weighted by molar-refractivity contribution is 0.271. The SMILES string of the molecule is CC(C)COc1ccc(C2(CN)CC2C)cc1. The molecule has 2 rings (SSSR count). The third-order valence-electron chi connectivity index (χ3n) is 3.83. The molecule has 2 nitrogen and oxygen atoms in total. The molecule has 17 heavy (non-hydrogen) atoms. The molecule has 0 amide bonds. The van der Waals surface area contributed by atoms with Crippen molar-refractivity contribution in [2.24, 2.45) is 17.6 Å². The smallest absolute Gasteiger partial charge is 0.119 e. The predicted molar refractivity (Wildman–Crippen MR) is 71.3 cm³/mol. The molecule has 1 aliphatic rings. The monoisotopic (exact) mass is 233 g/mol. The Bertz CT molecular complexity index is 367. The number of hydrogen-bond acceptors (Lipinski definition) is 2. The fourth-order valence-corrected chi connectivity index (χ4v) is 2.44. The summed E-state index contributed by atoms with van der Waals surface area (Å²) in [5, 5.41) is 0. The third-order valence-corrected chi connectivity index (χ3v) is 3.83. The van der Waals surface area contributed by atoms with Crippen LogP contribution in [0.15, 0.2) is 24.3 Å². The topological polar surface area (TPSA) is 35.2 Å². The summed E-state index contributed by atoms with van der Waals surface area (Å²) >= 11 is 0. The zero-order valence-corrected chi connectivity index (χ0v) is 11.1. The largest absolute Gasteiger partial charge is 0.493 e. The molecular formula is C15H23NO. The fourth-order valence-electron chi connectivity index (χ4n) is 2.44. The molecule has 1 fully saturated rings. The lowest BCUT2D eigenvalue weighted by Gasteiger charge is -2.15. The van der Waals surface area contributed by atoms with Crippen LogP contribution in [-0.4, -0.2) is 13.2 Å². The van der Waals surface area contributed by atoms with Gasteiger partial charge in [-0.25, -0.2) is 0 Å². The van der Waals surface area contributed by atoms with Gasteiger partial charge in [-0.1, -0.05) is 32.9 Å². The zero-order chi connectivity index (χ0) is 12.5. The Labute approximate surface area is 104 Å². The van der Waals surface area contributed by atoms with E-state index < -0.39 is 0 Å². The van der Waals surface area contributed by atoms with E-state index in [0.29, 0.717) is 5.92 Å². The maximum Gasteiger partial charge on any atom is 0.119 e. The molecule has 0 aromatic heterocycles. The third kappa shape index (κ3) is 2.47. The van der Waals surface area contributed by atoms with Gasteiger partial charge in [0.1, 0.15) is 5.75 Å². The van der Waals surface area contributed by atoms with E-state index in [9.17, 15) is 0 Å². The molecule has 0 radical (unpaired) electrons. The van der Waals surface area contributed by atoms with Crippen molar-refractivity contribution < 1.29 is 4.74 Å². The standard InChI is InChI=1S/C15H23NO/c1-11(2)9-17-14-6-4-13(5-7-14)15(10-16)8-12(15)3/h4-7,11-12H,8-10,16H2,1-3H3. The molecule has 0 heterocycles. The Balaban J connectivity index is 2.03. The van der Waals surface area contributed by atoms with E-state index in [0.717, 1.165) is 24.8 Å². The van der Waals surface area contributed by atoms with Crippen LogP contribution in [-0.2, 0) is 5.41 Å². The van der Waals surface area contributed by atoms with Crippen LogP contribution in [0.25, 0.3) is 0 Å². The predicted octanol–water partition coefficient (Wildman–Crippen LogP) is 2.96. The first-order valence-corrected chi connectivity index (χ1v) is 6.52. The number of hydrogen-bond donors (Lipinski definition) is 1. The van der Waals surface area contributed by atoms with E-state index in [1.54, 1.807) is 0 Å². The van der Waals surface area contributed by atoms with Crippen molar-refractivity contribution in [3.8, 4) is 5.75 Å². The van der Waals surface area contributed by atoms with Gasteiger partial charge < -0.3 is 10.5 Å². The van der Waals surface area contributed by atoms with Crippen LogP contribution in [0, 0.1) is 11.8 Å². The van der Waals surface area contributed by atoms with Crippen molar-refractivity contribution in [1.82, 2.24) is 0 Å². The van der Waals surface area contributed by atoms with Crippen LogP contribution in [0.1, 0.15) is 32.8 Å². The summed E-state index contributed by atoms with van der Waals surface area (Å²) in [6, 6.07) is 8.48. The molecule has 1 aliphatic carbocycles. The highest BCUT2D eigenvalue weighted by atomic mass is 16.5. The Morgan fingerprint density at radius 3 is 2.35 bits per heavy atom. The van der Waals surface area contributed by atoms with Gasteiger partial charge >= 0.3 is 0 Å². The fraction of sp³-hybridized carbons (Fsp3) is 0.600. The minimum absolute atomic E-state index is 0.247. The van der Waals surface area contributed by atoms with Crippen molar-refractivity contribution in [2.45, 2.75) is 32.6 Å². The van der Waals surface area contributed by atoms with Crippen molar-refractivity contribution in [1.29, 1.82) is 0 Å². The van der Waals surface area contributed by atoms with E-state index in [1.807, 2.05) is 0 Å². The van der Waals surface area contributed by atoms with Crippen molar-refractivity contribution in [3.63, 3.8) is 0 Å². The Morgan fingerprint density at radius 2 is 1.94 bits per heavy atom. The number of ether oxygens (including phenoxy) is 1. The van der Waals surface area contributed by atoms with Gasteiger partial charge in [0.2, 0.25) is 0 Å². The quantitative estimate of drug-likeness (QED) is 0.848. The molecule has 94 valence electrons. The molecule has 2 heteroatoms. The van der Waals surface area contributed by atoms with E-state index in [1.165, 1.54) is 12.0 Å². The highest BCUT2D eigenvalue weighted by Gasteiger charge is 2.50.